The van der Waals surface area contributed by atoms with Crippen LogP contribution in [-0.4, -0.2) is 32.5 Å². The van der Waals surface area contributed by atoms with Gasteiger partial charge >= 0.3 is 0 Å². The summed E-state index contributed by atoms with van der Waals surface area (Å²) >= 11 is 0. The van der Waals surface area contributed by atoms with E-state index in [1.165, 1.54) is 30.3 Å². The van der Waals surface area contributed by atoms with Gasteiger partial charge in [-0.05, 0) is 42.3 Å². The number of carbonyl (C=O) groups excluding carboxylic acids is 2. The molecule has 0 spiro atoms. The van der Waals surface area contributed by atoms with E-state index in [4.69, 9.17) is 0 Å². The topological polar surface area (TPSA) is 83.6 Å². The van der Waals surface area contributed by atoms with Gasteiger partial charge in [0.25, 0.3) is 5.91 Å². The first-order valence-electron chi connectivity index (χ1n) is 8.47. The molecule has 1 aliphatic rings. The number of anilines is 1. The van der Waals surface area contributed by atoms with E-state index in [2.05, 4.69) is 5.32 Å². The Bertz CT molecular complexity index is 973. The maximum Gasteiger partial charge on any atom is 0.251 e. The molecule has 2 amide bonds. The molecule has 0 aliphatic carbocycles. The average molecular weight is 390 g/mol. The van der Waals surface area contributed by atoms with Crippen LogP contribution in [0.15, 0.2) is 48.5 Å². The van der Waals surface area contributed by atoms with Crippen molar-refractivity contribution in [1.82, 2.24) is 5.32 Å². The SMILES string of the molecule is C[C@H]1CS(=O)(=O)N(c2cccc(C(=O)NCCc3ccc(F)cc3)c2)C1=O. The molecule has 27 heavy (non-hydrogen) atoms. The molecule has 1 saturated heterocycles. The van der Waals surface area contributed by atoms with Gasteiger partial charge in [0.15, 0.2) is 0 Å². The van der Waals surface area contributed by atoms with Crippen molar-refractivity contribution in [1.29, 1.82) is 0 Å². The highest BCUT2D eigenvalue weighted by molar-refractivity contribution is 7.94. The molecule has 2 aromatic carbocycles. The van der Waals surface area contributed by atoms with Crippen molar-refractivity contribution in [2.45, 2.75) is 13.3 Å². The zero-order valence-corrected chi connectivity index (χ0v) is 15.5. The van der Waals surface area contributed by atoms with Crippen molar-refractivity contribution in [2.24, 2.45) is 5.92 Å². The van der Waals surface area contributed by atoms with Crippen molar-refractivity contribution >= 4 is 27.5 Å². The van der Waals surface area contributed by atoms with Crippen LogP contribution in [0.1, 0.15) is 22.8 Å². The third-order valence-corrected chi connectivity index (χ3v) is 6.18. The monoisotopic (exact) mass is 390 g/mol. The largest absolute Gasteiger partial charge is 0.352 e. The van der Waals surface area contributed by atoms with Gasteiger partial charge in [-0.3, -0.25) is 9.59 Å². The van der Waals surface area contributed by atoms with Crippen molar-refractivity contribution in [3.05, 3.63) is 65.5 Å². The molecule has 0 aromatic heterocycles. The lowest BCUT2D eigenvalue weighted by molar-refractivity contribution is -0.119. The molecule has 3 rings (SSSR count). The highest BCUT2D eigenvalue weighted by atomic mass is 32.2. The molecule has 1 fully saturated rings. The van der Waals surface area contributed by atoms with Gasteiger partial charge in [-0.2, -0.15) is 0 Å². The Hall–Kier alpha value is -2.74. The number of rotatable bonds is 5. The molecule has 2 aromatic rings. The molecular weight excluding hydrogens is 371 g/mol. The summed E-state index contributed by atoms with van der Waals surface area (Å²) in [5.41, 5.74) is 1.30. The third-order valence-electron chi connectivity index (χ3n) is 4.32. The fraction of sp³-hybridized carbons (Fsp3) is 0.263. The predicted molar refractivity (Wildman–Crippen MR) is 99.3 cm³/mol. The summed E-state index contributed by atoms with van der Waals surface area (Å²) < 4.78 is 38.1. The van der Waals surface area contributed by atoms with E-state index in [1.54, 1.807) is 25.1 Å². The van der Waals surface area contributed by atoms with Crippen LogP contribution in [0.3, 0.4) is 0 Å². The van der Waals surface area contributed by atoms with Crippen molar-refractivity contribution < 1.29 is 22.4 Å². The van der Waals surface area contributed by atoms with Crippen LogP contribution >= 0.6 is 0 Å². The van der Waals surface area contributed by atoms with E-state index in [0.29, 0.717) is 13.0 Å². The summed E-state index contributed by atoms with van der Waals surface area (Å²) in [6, 6.07) is 12.0. The number of sulfonamides is 1. The number of hydrogen-bond acceptors (Lipinski definition) is 4. The Kier molecular flexibility index (Phi) is 5.27. The molecule has 1 atom stereocenters. The molecule has 0 bridgehead atoms. The number of benzene rings is 2. The number of nitrogens with zero attached hydrogens (tertiary/aromatic N) is 1. The molecule has 1 N–H and O–H groups in total. The molecule has 1 aliphatic heterocycles. The predicted octanol–water partition coefficient (Wildman–Crippen LogP) is 2.11. The summed E-state index contributed by atoms with van der Waals surface area (Å²) in [5, 5.41) is 2.73. The Labute approximate surface area is 157 Å². The first-order chi connectivity index (χ1) is 12.8. The highest BCUT2D eigenvalue weighted by Crippen LogP contribution is 2.28. The Morgan fingerprint density at radius 2 is 1.93 bits per heavy atom. The Balaban J connectivity index is 1.69. The Morgan fingerprint density at radius 3 is 2.56 bits per heavy atom. The minimum Gasteiger partial charge on any atom is -0.352 e. The van der Waals surface area contributed by atoms with Gasteiger partial charge < -0.3 is 5.32 Å². The lowest BCUT2D eigenvalue weighted by Crippen LogP contribution is -2.31. The second-order valence-corrected chi connectivity index (χ2v) is 8.33. The van der Waals surface area contributed by atoms with Gasteiger partial charge in [0, 0.05) is 12.1 Å². The van der Waals surface area contributed by atoms with Crippen LogP contribution in [0, 0.1) is 11.7 Å². The summed E-state index contributed by atoms with van der Waals surface area (Å²) in [5.74, 6) is -2.04. The summed E-state index contributed by atoms with van der Waals surface area (Å²) in [6.45, 7) is 1.90. The smallest absolute Gasteiger partial charge is 0.251 e. The quantitative estimate of drug-likeness (QED) is 0.848. The normalized spacial score (nSPS) is 18.5. The molecular formula is C19H19FN2O4S. The minimum absolute atomic E-state index is 0.163. The van der Waals surface area contributed by atoms with Crippen LogP contribution in [0.2, 0.25) is 0 Å². The molecule has 142 valence electrons. The van der Waals surface area contributed by atoms with Crippen LogP contribution in [0.4, 0.5) is 10.1 Å². The van der Waals surface area contributed by atoms with Gasteiger partial charge in [-0.15, -0.1) is 0 Å². The zero-order chi connectivity index (χ0) is 19.6. The summed E-state index contributed by atoms with van der Waals surface area (Å²) in [4.78, 5) is 24.5. The fourth-order valence-corrected chi connectivity index (χ4v) is 4.75. The molecule has 0 saturated carbocycles. The first kappa shape index (κ1) is 19.0. The van der Waals surface area contributed by atoms with Gasteiger partial charge in [-0.1, -0.05) is 25.1 Å². The van der Waals surface area contributed by atoms with Gasteiger partial charge in [-0.25, -0.2) is 17.1 Å². The lowest BCUT2D eigenvalue weighted by Gasteiger charge is -2.16. The van der Waals surface area contributed by atoms with E-state index in [0.717, 1.165) is 9.87 Å². The Morgan fingerprint density at radius 1 is 1.22 bits per heavy atom. The molecule has 6 nitrogen and oxygen atoms in total. The van der Waals surface area contributed by atoms with E-state index in [1.807, 2.05) is 0 Å². The van der Waals surface area contributed by atoms with Crippen LogP contribution in [0.5, 0.6) is 0 Å². The van der Waals surface area contributed by atoms with Gasteiger partial charge in [0.2, 0.25) is 15.9 Å². The first-order valence-corrected chi connectivity index (χ1v) is 10.1. The van der Waals surface area contributed by atoms with E-state index < -0.39 is 21.8 Å². The van der Waals surface area contributed by atoms with Crippen LogP contribution in [-0.2, 0) is 21.2 Å². The summed E-state index contributed by atoms with van der Waals surface area (Å²) in [7, 11) is -3.72. The van der Waals surface area contributed by atoms with Crippen LogP contribution in [0.25, 0.3) is 0 Å². The number of nitrogens with one attached hydrogen (secondary N) is 1. The third kappa shape index (κ3) is 4.16. The average Bonchev–Trinajstić information content (AvgIpc) is 2.83. The maximum absolute atomic E-state index is 12.9. The number of amides is 2. The van der Waals surface area contributed by atoms with Gasteiger partial charge in [0.1, 0.15) is 5.82 Å². The second kappa shape index (κ2) is 7.48. The molecule has 0 radical (unpaired) electrons. The summed E-state index contributed by atoms with van der Waals surface area (Å²) in [6.07, 6.45) is 0.530. The fourth-order valence-electron chi connectivity index (χ4n) is 2.93. The molecule has 8 heteroatoms. The second-order valence-electron chi connectivity index (χ2n) is 6.46. The van der Waals surface area contributed by atoms with E-state index in [-0.39, 0.29) is 28.7 Å². The number of halogens is 1. The number of hydrogen-bond donors (Lipinski definition) is 1. The minimum atomic E-state index is -3.72. The zero-order valence-electron chi connectivity index (χ0n) is 14.7. The highest BCUT2D eigenvalue weighted by Gasteiger charge is 2.42. The van der Waals surface area contributed by atoms with Crippen molar-refractivity contribution in [3.63, 3.8) is 0 Å². The van der Waals surface area contributed by atoms with Crippen molar-refractivity contribution in [2.75, 3.05) is 16.6 Å². The molecule has 1 heterocycles. The number of carbonyl (C=O) groups is 2. The standard InChI is InChI=1S/C19H19FN2O4S/c1-13-12-27(25,26)22(19(13)24)17-4-2-3-15(11-17)18(23)21-10-9-14-5-7-16(20)8-6-14/h2-8,11,13H,9-10,12H2,1H3,(H,21,23)/t13-/m0/s1. The van der Waals surface area contributed by atoms with Crippen LogP contribution < -0.4 is 9.62 Å². The van der Waals surface area contributed by atoms with Crippen molar-refractivity contribution in [3.8, 4) is 0 Å². The van der Waals surface area contributed by atoms with E-state index >= 15 is 0 Å². The molecule has 0 unspecified atom stereocenters. The lowest BCUT2D eigenvalue weighted by atomic mass is 10.1. The maximum atomic E-state index is 12.9. The van der Waals surface area contributed by atoms with E-state index in [9.17, 15) is 22.4 Å². The van der Waals surface area contributed by atoms with Gasteiger partial charge in [0.05, 0.1) is 17.4 Å².